The van der Waals surface area contributed by atoms with Crippen molar-refractivity contribution in [3.63, 3.8) is 0 Å². The molecule has 0 spiro atoms. The molecule has 0 aliphatic carbocycles. The maximum atomic E-state index is 12.1. The number of aryl methyl sites for hydroxylation is 2. The molecule has 0 radical (unpaired) electrons. The van der Waals surface area contributed by atoms with Crippen LogP contribution in [0.25, 0.3) is 0 Å². The van der Waals surface area contributed by atoms with Gasteiger partial charge in [-0.15, -0.1) is 0 Å². The number of carbonyl (C=O) groups is 1. The molecule has 0 aliphatic heterocycles. The van der Waals surface area contributed by atoms with Crippen LogP contribution in [0.4, 0.5) is 0 Å². The minimum Gasteiger partial charge on any atom is -0.492 e. The Bertz CT molecular complexity index is 723. The highest BCUT2D eigenvalue weighted by Gasteiger charge is 2.13. The molecular formula is C16H17BrN2O3. The van der Waals surface area contributed by atoms with Gasteiger partial charge in [0, 0.05) is 10.2 Å². The molecule has 0 saturated heterocycles. The van der Waals surface area contributed by atoms with Gasteiger partial charge in [0.1, 0.15) is 17.9 Å². The SMILES string of the molecule is Cc1cc(C)c(C(=O)NCCOc2ccc(Br)cc2)c(=O)[nH]1. The van der Waals surface area contributed by atoms with Crippen LogP contribution in [0.1, 0.15) is 21.6 Å². The normalized spacial score (nSPS) is 10.3. The molecule has 5 nitrogen and oxygen atoms in total. The van der Waals surface area contributed by atoms with Crippen LogP contribution in [0, 0.1) is 13.8 Å². The molecule has 1 aromatic heterocycles. The molecule has 2 rings (SSSR count). The molecule has 1 heterocycles. The van der Waals surface area contributed by atoms with E-state index >= 15 is 0 Å². The first-order chi connectivity index (χ1) is 10.5. The summed E-state index contributed by atoms with van der Waals surface area (Å²) < 4.78 is 6.48. The zero-order valence-corrected chi connectivity index (χ0v) is 14.0. The zero-order valence-electron chi connectivity index (χ0n) is 12.4. The fourth-order valence-corrected chi connectivity index (χ4v) is 2.35. The molecule has 0 aliphatic rings. The van der Waals surface area contributed by atoms with Crippen molar-refractivity contribution < 1.29 is 9.53 Å². The summed E-state index contributed by atoms with van der Waals surface area (Å²) in [6, 6.07) is 9.20. The summed E-state index contributed by atoms with van der Waals surface area (Å²) in [6.07, 6.45) is 0. The number of hydrogen-bond acceptors (Lipinski definition) is 3. The predicted molar refractivity (Wildman–Crippen MR) is 88.5 cm³/mol. The number of hydrogen-bond donors (Lipinski definition) is 2. The van der Waals surface area contributed by atoms with Crippen LogP contribution in [0.2, 0.25) is 0 Å². The lowest BCUT2D eigenvalue weighted by atomic mass is 10.1. The monoisotopic (exact) mass is 364 g/mol. The highest BCUT2D eigenvalue weighted by molar-refractivity contribution is 9.10. The number of pyridine rings is 1. The molecule has 1 aromatic carbocycles. The summed E-state index contributed by atoms with van der Waals surface area (Å²) in [5.41, 5.74) is 1.17. The van der Waals surface area contributed by atoms with E-state index in [1.165, 1.54) is 0 Å². The number of halogens is 1. The number of ether oxygens (including phenoxy) is 1. The molecule has 0 bridgehead atoms. The number of rotatable bonds is 5. The van der Waals surface area contributed by atoms with Crippen LogP contribution in [0.5, 0.6) is 5.75 Å². The van der Waals surface area contributed by atoms with Crippen molar-refractivity contribution in [1.29, 1.82) is 0 Å². The topological polar surface area (TPSA) is 71.2 Å². The molecular weight excluding hydrogens is 348 g/mol. The third kappa shape index (κ3) is 4.21. The summed E-state index contributed by atoms with van der Waals surface area (Å²) in [7, 11) is 0. The van der Waals surface area contributed by atoms with Gasteiger partial charge in [-0.25, -0.2) is 0 Å². The first-order valence-electron chi connectivity index (χ1n) is 6.84. The van der Waals surface area contributed by atoms with E-state index in [2.05, 4.69) is 26.2 Å². The van der Waals surface area contributed by atoms with Gasteiger partial charge in [0.15, 0.2) is 0 Å². The second-order valence-corrected chi connectivity index (χ2v) is 5.81. The molecule has 0 atom stereocenters. The van der Waals surface area contributed by atoms with Gasteiger partial charge in [0.05, 0.1) is 6.54 Å². The Balaban J connectivity index is 1.88. The molecule has 0 unspecified atom stereocenters. The summed E-state index contributed by atoms with van der Waals surface area (Å²) in [5.74, 6) is 0.333. The van der Waals surface area contributed by atoms with Gasteiger partial charge in [-0.2, -0.15) is 0 Å². The van der Waals surface area contributed by atoms with Crippen LogP contribution in [-0.4, -0.2) is 24.0 Å². The quantitative estimate of drug-likeness (QED) is 0.800. The Labute approximate surface area is 136 Å². The Morgan fingerprint density at radius 1 is 1.27 bits per heavy atom. The lowest BCUT2D eigenvalue weighted by Crippen LogP contribution is -2.33. The average Bonchev–Trinajstić information content (AvgIpc) is 2.44. The van der Waals surface area contributed by atoms with Gasteiger partial charge in [0.2, 0.25) is 0 Å². The van der Waals surface area contributed by atoms with Crippen LogP contribution < -0.4 is 15.6 Å². The van der Waals surface area contributed by atoms with Crippen LogP contribution in [0.3, 0.4) is 0 Å². The Hall–Kier alpha value is -2.08. The molecule has 2 aromatic rings. The Morgan fingerprint density at radius 2 is 1.95 bits per heavy atom. The Kier molecular flexibility index (Phi) is 5.38. The third-order valence-electron chi connectivity index (χ3n) is 3.06. The first kappa shape index (κ1) is 16.3. The molecule has 0 fully saturated rings. The van der Waals surface area contributed by atoms with Gasteiger partial charge < -0.3 is 15.0 Å². The Morgan fingerprint density at radius 3 is 2.59 bits per heavy atom. The van der Waals surface area contributed by atoms with E-state index in [9.17, 15) is 9.59 Å². The van der Waals surface area contributed by atoms with Crippen molar-refractivity contribution in [2.24, 2.45) is 0 Å². The van der Waals surface area contributed by atoms with Crippen molar-refractivity contribution in [3.8, 4) is 5.75 Å². The van der Waals surface area contributed by atoms with E-state index in [1.54, 1.807) is 19.9 Å². The van der Waals surface area contributed by atoms with E-state index in [-0.39, 0.29) is 11.1 Å². The maximum absolute atomic E-state index is 12.1. The van der Waals surface area contributed by atoms with Crippen LogP contribution >= 0.6 is 15.9 Å². The second kappa shape index (κ2) is 7.26. The van der Waals surface area contributed by atoms with E-state index in [1.807, 2.05) is 24.3 Å². The second-order valence-electron chi connectivity index (χ2n) is 4.90. The van der Waals surface area contributed by atoms with Crippen molar-refractivity contribution in [3.05, 3.63) is 62.0 Å². The number of aromatic amines is 1. The van der Waals surface area contributed by atoms with Crippen LogP contribution in [-0.2, 0) is 0 Å². The summed E-state index contributed by atoms with van der Waals surface area (Å²) in [6.45, 7) is 4.18. The predicted octanol–water partition coefficient (Wildman–Crippen LogP) is 2.56. The average molecular weight is 365 g/mol. The first-order valence-corrected chi connectivity index (χ1v) is 7.64. The van der Waals surface area contributed by atoms with E-state index in [4.69, 9.17) is 4.74 Å². The van der Waals surface area contributed by atoms with Crippen LogP contribution in [0.15, 0.2) is 39.6 Å². The molecule has 116 valence electrons. The lowest BCUT2D eigenvalue weighted by Gasteiger charge is -2.09. The highest BCUT2D eigenvalue weighted by Crippen LogP contribution is 2.15. The lowest BCUT2D eigenvalue weighted by molar-refractivity contribution is 0.0945. The van der Waals surface area contributed by atoms with Crippen molar-refractivity contribution in [2.45, 2.75) is 13.8 Å². The fraction of sp³-hybridized carbons (Fsp3) is 0.250. The standard InChI is InChI=1S/C16H17BrN2O3/c1-10-9-11(2)19-16(21)14(10)15(20)18-7-8-22-13-5-3-12(17)4-6-13/h3-6,9H,7-8H2,1-2H3,(H,18,20)(H,19,21). The number of aromatic nitrogens is 1. The molecule has 0 saturated carbocycles. The smallest absolute Gasteiger partial charge is 0.261 e. The third-order valence-corrected chi connectivity index (χ3v) is 3.59. The largest absolute Gasteiger partial charge is 0.492 e. The number of amides is 1. The number of H-pyrrole nitrogens is 1. The molecule has 22 heavy (non-hydrogen) atoms. The van der Waals surface area contributed by atoms with Gasteiger partial charge in [-0.1, -0.05) is 15.9 Å². The van der Waals surface area contributed by atoms with Crippen molar-refractivity contribution in [2.75, 3.05) is 13.2 Å². The van der Waals surface area contributed by atoms with E-state index < -0.39 is 5.91 Å². The molecule has 1 amide bonds. The molecule has 6 heteroatoms. The van der Waals surface area contributed by atoms with Gasteiger partial charge in [-0.3, -0.25) is 9.59 Å². The fourth-order valence-electron chi connectivity index (χ4n) is 2.09. The maximum Gasteiger partial charge on any atom is 0.261 e. The number of nitrogens with one attached hydrogen (secondary N) is 2. The van der Waals surface area contributed by atoms with Crippen molar-refractivity contribution >= 4 is 21.8 Å². The van der Waals surface area contributed by atoms with E-state index in [0.717, 1.165) is 15.9 Å². The summed E-state index contributed by atoms with van der Waals surface area (Å²) in [5, 5.41) is 2.69. The highest BCUT2D eigenvalue weighted by atomic mass is 79.9. The summed E-state index contributed by atoms with van der Waals surface area (Å²) in [4.78, 5) is 26.5. The van der Waals surface area contributed by atoms with E-state index in [0.29, 0.717) is 18.7 Å². The molecule has 2 N–H and O–H groups in total. The minimum absolute atomic E-state index is 0.147. The summed E-state index contributed by atoms with van der Waals surface area (Å²) >= 11 is 3.35. The van der Waals surface area contributed by atoms with Gasteiger partial charge >= 0.3 is 0 Å². The van der Waals surface area contributed by atoms with Gasteiger partial charge in [-0.05, 0) is 49.7 Å². The number of carbonyl (C=O) groups excluding carboxylic acids is 1. The zero-order chi connectivity index (χ0) is 16.1. The van der Waals surface area contributed by atoms with Crippen molar-refractivity contribution in [1.82, 2.24) is 10.3 Å². The van der Waals surface area contributed by atoms with Gasteiger partial charge in [0.25, 0.3) is 11.5 Å². The number of benzene rings is 1. The minimum atomic E-state index is -0.391.